The number of anilines is 1. The quantitative estimate of drug-likeness (QED) is 0.386. The fourth-order valence-corrected chi connectivity index (χ4v) is 4.59. The number of thiazole rings is 1. The monoisotopic (exact) mass is 475 g/mol. The minimum absolute atomic E-state index is 0.155. The fraction of sp³-hybridized carbons (Fsp3) is 0.273. The van der Waals surface area contributed by atoms with Crippen LogP contribution in [-0.2, 0) is 34.4 Å². The summed E-state index contributed by atoms with van der Waals surface area (Å²) in [6.45, 7) is 2.02. The van der Waals surface area contributed by atoms with Crippen LogP contribution >= 0.6 is 11.3 Å². The molecule has 1 aromatic heterocycles. The first-order chi connectivity index (χ1) is 15.3. The van der Waals surface area contributed by atoms with Crippen LogP contribution in [0, 0.1) is 0 Å². The average Bonchev–Trinajstić information content (AvgIpc) is 3.23. The van der Waals surface area contributed by atoms with Crippen LogP contribution in [0.4, 0.5) is 5.69 Å². The number of para-hydroxylation sites is 1. The van der Waals surface area contributed by atoms with Crippen molar-refractivity contribution in [3.63, 3.8) is 0 Å². The van der Waals surface area contributed by atoms with Crippen molar-refractivity contribution in [3.05, 3.63) is 75.7 Å². The Kier molecular flexibility index (Phi) is 7.84. The van der Waals surface area contributed by atoms with E-state index < -0.39 is 10.3 Å². The van der Waals surface area contributed by atoms with Gasteiger partial charge in [-0.2, -0.15) is 8.42 Å². The molecule has 32 heavy (non-hydrogen) atoms. The smallest absolute Gasteiger partial charge is 0.357 e. The number of benzene rings is 2. The third kappa shape index (κ3) is 6.78. The SMILES string of the molecule is CCc1csc(C(Cc2ccc(NS(=O)(=O)O)cc2)NC(=O)Cc2ccccc2OC)n1. The first-order valence-electron chi connectivity index (χ1n) is 9.97. The molecule has 0 aliphatic heterocycles. The molecule has 10 heteroatoms. The number of hydrogen-bond donors (Lipinski definition) is 3. The molecule has 0 aliphatic rings. The zero-order chi connectivity index (χ0) is 23.1. The number of amides is 1. The summed E-state index contributed by atoms with van der Waals surface area (Å²) in [5.74, 6) is 0.501. The number of aryl methyl sites for hydroxylation is 1. The van der Waals surface area contributed by atoms with Crippen molar-refractivity contribution < 1.29 is 22.5 Å². The summed E-state index contributed by atoms with van der Waals surface area (Å²) < 4.78 is 38.2. The summed E-state index contributed by atoms with van der Waals surface area (Å²) in [6, 6.07) is 13.6. The topological polar surface area (TPSA) is 118 Å². The Morgan fingerprint density at radius 1 is 1.19 bits per heavy atom. The van der Waals surface area contributed by atoms with E-state index >= 15 is 0 Å². The van der Waals surface area contributed by atoms with E-state index in [1.165, 1.54) is 11.3 Å². The number of nitrogens with zero attached hydrogens (tertiary/aromatic N) is 1. The van der Waals surface area contributed by atoms with Gasteiger partial charge in [0.2, 0.25) is 5.91 Å². The van der Waals surface area contributed by atoms with Crippen LogP contribution in [0.1, 0.15) is 34.8 Å². The third-order valence-corrected chi connectivity index (χ3v) is 6.25. The van der Waals surface area contributed by atoms with Crippen molar-refractivity contribution in [2.75, 3.05) is 11.8 Å². The van der Waals surface area contributed by atoms with Crippen LogP contribution in [0.5, 0.6) is 5.75 Å². The van der Waals surface area contributed by atoms with E-state index in [4.69, 9.17) is 9.29 Å². The van der Waals surface area contributed by atoms with Crippen molar-refractivity contribution in [2.45, 2.75) is 32.2 Å². The summed E-state index contributed by atoms with van der Waals surface area (Å²) in [5, 5.41) is 5.86. The molecule has 0 saturated carbocycles. The standard InChI is InChI=1S/C22H25N3O5S2/c1-3-17-14-31-22(23-17)19(12-15-8-10-18(11-9-15)25-32(27,28)29)24-21(26)13-16-6-4-5-7-20(16)30-2/h4-11,14,19,25H,3,12-13H2,1-2H3,(H,24,26)(H,27,28,29). The summed E-state index contributed by atoms with van der Waals surface area (Å²) in [5.41, 5.74) is 2.87. The molecule has 2 aromatic carbocycles. The molecule has 170 valence electrons. The molecular weight excluding hydrogens is 450 g/mol. The highest BCUT2D eigenvalue weighted by molar-refractivity contribution is 7.87. The summed E-state index contributed by atoms with van der Waals surface area (Å²) in [6.07, 6.45) is 1.44. The summed E-state index contributed by atoms with van der Waals surface area (Å²) in [7, 11) is -2.76. The number of carbonyl (C=O) groups is 1. The second-order valence-electron chi connectivity index (χ2n) is 7.12. The van der Waals surface area contributed by atoms with Gasteiger partial charge in [0, 0.05) is 10.9 Å². The van der Waals surface area contributed by atoms with Gasteiger partial charge in [-0.05, 0) is 36.6 Å². The number of aromatic nitrogens is 1. The zero-order valence-corrected chi connectivity index (χ0v) is 19.4. The normalized spacial score (nSPS) is 12.2. The number of rotatable bonds is 10. The molecular formula is C22H25N3O5S2. The molecule has 8 nitrogen and oxygen atoms in total. The predicted molar refractivity (Wildman–Crippen MR) is 124 cm³/mol. The largest absolute Gasteiger partial charge is 0.496 e. The fourth-order valence-electron chi connectivity index (χ4n) is 3.21. The first kappa shape index (κ1) is 23.7. The molecule has 0 radical (unpaired) electrons. The second kappa shape index (κ2) is 10.6. The molecule has 1 atom stereocenters. The van der Waals surface area contributed by atoms with Gasteiger partial charge in [-0.25, -0.2) is 4.98 Å². The van der Waals surface area contributed by atoms with Gasteiger partial charge in [0.05, 0.1) is 31.0 Å². The third-order valence-electron chi connectivity index (χ3n) is 4.75. The van der Waals surface area contributed by atoms with Crippen molar-refractivity contribution in [3.8, 4) is 5.75 Å². The number of carbonyl (C=O) groups excluding carboxylic acids is 1. The van der Waals surface area contributed by atoms with Crippen LogP contribution in [0.15, 0.2) is 53.9 Å². The van der Waals surface area contributed by atoms with E-state index in [-0.39, 0.29) is 24.1 Å². The lowest BCUT2D eigenvalue weighted by molar-refractivity contribution is -0.121. The second-order valence-corrected chi connectivity index (χ2v) is 9.16. The first-order valence-corrected chi connectivity index (χ1v) is 12.3. The maximum absolute atomic E-state index is 12.8. The molecule has 0 spiro atoms. The Bertz CT molecular complexity index is 1160. The summed E-state index contributed by atoms with van der Waals surface area (Å²) in [4.78, 5) is 17.5. The van der Waals surface area contributed by atoms with Crippen LogP contribution in [0.25, 0.3) is 0 Å². The number of hydrogen-bond acceptors (Lipinski definition) is 6. The predicted octanol–water partition coefficient (Wildman–Crippen LogP) is 3.57. The Balaban J connectivity index is 1.77. The molecule has 1 unspecified atom stereocenters. The van der Waals surface area contributed by atoms with E-state index in [1.807, 2.05) is 41.3 Å². The van der Waals surface area contributed by atoms with Crippen molar-refractivity contribution in [1.82, 2.24) is 10.3 Å². The van der Waals surface area contributed by atoms with Crippen LogP contribution in [0.2, 0.25) is 0 Å². The highest BCUT2D eigenvalue weighted by Crippen LogP contribution is 2.25. The zero-order valence-electron chi connectivity index (χ0n) is 17.7. The minimum atomic E-state index is -4.33. The van der Waals surface area contributed by atoms with Gasteiger partial charge in [0.15, 0.2) is 0 Å². The Morgan fingerprint density at radius 2 is 1.91 bits per heavy atom. The molecule has 0 fully saturated rings. The minimum Gasteiger partial charge on any atom is -0.496 e. The Hall–Kier alpha value is -2.95. The Morgan fingerprint density at radius 3 is 2.53 bits per heavy atom. The van der Waals surface area contributed by atoms with E-state index in [0.29, 0.717) is 12.2 Å². The van der Waals surface area contributed by atoms with E-state index in [9.17, 15) is 13.2 Å². The van der Waals surface area contributed by atoms with Gasteiger partial charge < -0.3 is 10.1 Å². The van der Waals surface area contributed by atoms with E-state index in [1.54, 1.807) is 31.4 Å². The molecule has 3 rings (SSSR count). The van der Waals surface area contributed by atoms with E-state index in [2.05, 4.69) is 10.3 Å². The maximum Gasteiger partial charge on any atom is 0.357 e. The lowest BCUT2D eigenvalue weighted by Crippen LogP contribution is -2.31. The van der Waals surface area contributed by atoms with Crippen molar-refractivity contribution >= 4 is 33.2 Å². The summed E-state index contributed by atoms with van der Waals surface area (Å²) >= 11 is 1.49. The van der Waals surface area contributed by atoms with Crippen molar-refractivity contribution in [1.29, 1.82) is 0 Å². The average molecular weight is 476 g/mol. The maximum atomic E-state index is 12.8. The molecule has 3 aromatic rings. The highest BCUT2D eigenvalue weighted by atomic mass is 32.2. The van der Waals surface area contributed by atoms with Crippen molar-refractivity contribution in [2.24, 2.45) is 0 Å². The van der Waals surface area contributed by atoms with Crippen LogP contribution in [0.3, 0.4) is 0 Å². The van der Waals surface area contributed by atoms with Gasteiger partial charge >= 0.3 is 10.3 Å². The molecule has 1 amide bonds. The number of ether oxygens (including phenoxy) is 1. The molecule has 1 heterocycles. The molecule has 0 bridgehead atoms. The lowest BCUT2D eigenvalue weighted by Gasteiger charge is -2.18. The molecule has 3 N–H and O–H groups in total. The van der Waals surface area contributed by atoms with Crippen LogP contribution in [-0.4, -0.2) is 31.0 Å². The lowest BCUT2D eigenvalue weighted by atomic mass is 10.0. The highest BCUT2D eigenvalue weighted by Gasteiger charge is 2.20. The van der Waals surface area contributed by atoms with E-state index in [0.717, 1.165) is 28.2 Å². The van der Waals surface area contributed by atoms with Gasteiger partial charge in [-0.3, -0.25) is 14.1 Å². The Labute approximate surface area is 191 Å². The number of methoxy groups -OCH3 is 1. The van der Waals surface area contributed by atoms with Gasteiger partial charge in [0.1, 0.15) is 10.8 Å². The van der Waals surface area contributed by atoms with Gasteiger partial charge in [0.25, 0.3) is 0 Å². The van der Waals surface area contributed by atoms with Crippen LogP contribution < -0.4 is 14.8 Å². The molecule has 0 saturated heterocycles. The van der Waals surface area contributed by atoms with Gasteiger partial charge in [-0.15, -0.1) is 11.3 Å². The number of nitrogens with one attached hydrogen (secondary N) is 2. The molecule has 0 aliphatic carbocycles. The van der Waals surface area contributed by atoms with Gasteiger partial charge in [-0.1, -0.05) is 37.3 Å².